The third-order valence-electron chi connectivity index (χ3n) is 7.32. The molecule has 1 aliphatic heterocycles. The van der Waals surface area contributed by atoms with E-state index in [1.165, 1.54) is 154 Å². The van der Waals surface area contributed by atoms with Crippen molar-refractivity contribution in [3.63, 3.8) is 0 Å². The number of unbranched alkanes of at least 4 members (excludes halogenated alkanes) is 18. The molecule has 1 aliphatic rings. The Hall–Kier alpha value is -0.660. The minimum Gasteiger partial charge on any atom is -0.356 e. The van der Waals surface area contributed by atoms with E-state index in [-0.39, 0.29) is 0 Å². The summed E-state index contributed by atoms with van der Waals surface area (Å²) in [6.45, 7) is 9.45. The molecule has 2 heteroatoms. The second-order valence-corrected chi connectivity index (χ2v) is 10.4. The van der Waals surface area contributed by atoms with Crippen molar-refractivity contribution >= 4 is 0 Å². The van der Waals surface area contributed by atoms with Crippen LogP contribution < -0.4 is 0 Å². The fraction of sp³-hybridized carbons (Fsp3) is 0.933. The zero-order valence-corrected chi connectivity index (χ0v) is 22.6. The molecule has 0 fully saturated rings. The summed E-state index contributed by atoms with van der Waals surface area (Å²) in [6.07, 6.45) is 36.5. The molecule has 0 amide bonds. The van der Waals surface area contributed by atoms with Gasteiger partial charge in [0.25, 0.3) is 0 Å². The predicted octanol–water partition coefficient (Wildman–Crippen LogP) is 10.0. The van der Waals surface area contributed by atoms with Crippen molar-refractivity contribution in [2.75, 3.05) is 13.1 Å². The molecule has 1 unspecified atom stereocenters. The lowest BCUT2D eigenvalue weighted by Gasteiger charge is -2.33. The summed E-state index contributed by atoms with van der Waals surface area (Å²) in [4.78, 5) is 5.34. The fourth-order valence-corrected chi connectivity index (χ4v) is 5.13. The predicted molar refractivity (Wildman–Crippen MR) is 145 cm³/mol. The molecule has 0 saturated carbocycles. The summed E-state index contributed by atoms with van der Waals surface area (Å²) in [5, 5.41) is 0. The molecule has 0 aliphatic carbocycles. The first-order valence-electron chi connectivity index (χ1n) is 15.0. The van der Waals surface area contributed by atoms with Gasteiger partial charge in [0.15, 0.2) is 0 Å². The van der Waals surface area contributed by atoms with Gasteiger partial charge in [-0.2, -0.15) is 0 Å². The summed E-state index contributed by atoms with van der Waals surface area (Å²) in [6, 6.07) is 0. The van der Waals surface area contributed by atoms with Crippen LogP contribution in [0.1, 0.15) is 162 Å². The molecule has 1 atom stereocenters. The smallest absolute Gasteiger partial charge is 0.101 e. The minimum atomic E-state index is 0.644. The van der Waals surface area contributed by atoms with Crippen LogP contribution in [0, 0.1) is 0 Å². The van der Waals surface area contributed by atoms with Gasteiger partial charge < -0.3 is 9.80 Å². The van der Waals surface area contributed by atoms with Gasteiger partial charge in [0, 0.05) is 25.5 Å². The first-order chi connectivity index (χ1) is 15.8. The Labute approximate surface area is 203 Å². The van der Waals surface area contributed by atoms with E-state index in [9.17, 15) is 0 Å². The minimum absolute atomic E-state index is 0.644. The summed E-state index contributed by atoms with van der Waals surface area (Å²) in [5.74, 6) is 0. The molecule has 0 N–H and O–H groups in total. The molecular weight excluding hydrogens is 388 g/mol. The highest BCUT2D eigenvalue weighted by molar-refractivity contribution is 4.97. The molecule has 0 saturated heterocycles. The SMILES string of the molecule is CCCCCCCCCCCCCCN1C=CN(CCCCCCC)C1CCCCCC. The van der Waals surface area contributed by atoms with Gasteiger partial charge in [0.2, 0.25) is 0 Å². The van der Waals surface area contributed by atoms with Crippen LogP contribution in [-0.2, 0) is 0 Å². The van der Waals surface area contributed by atoms with Gasteiger partial charge in [-0.15, -0.1) is 0 Å². The molecule has 190 valence electrons. The Morgan fingerprint density at radius 1 is 0.406 bits per heavy atom. The van der Waals surface area contributed by atoms with Gasteiger partial charge in [-0.1, -0.05) is 136 Å². The maximum absolute atomic E-state index is 2.67. The Balaban J connectivity index is 2.15. The second kappa shape index (κ2) is 22.1. The van der Waals surface area contributed by atoms with Gasteiger partial charge in [-0.05, 0) is 25.7 Å². The van der Waals surface area contributed by atoms with Crippen molar-refractivity contribution in [2.24, 2.45) is 0 Å². The number of nitrogens with zero attached hydrogens (tertiary/aromatic N) is 2. The molecule has 0 aromatic heterocycles. The molecule has 0 radical (unpaired) electrons. The van der Waals surface area contributed by atoms with Crippen LogP contribution >= 0.6 is 0 Å². The summed E-state index contributed by atoms with van der Waals surface area (Å²) >= 11 is 0. The van der Waals surface area contributed by atoms with Crippen molar-refractivity contribution in [1.82, 2.24) is 9.80 Å². The van der Waals surface area contributed by atoms with E-state index in [0.717, 1.165) is 0 Å². The molecule has 0 bridgehead atoms. The van der Waals surface area contributed by atoms with Gasteiger partial charge in [0.05, 0.1) is 0 Å². The molecule has 0 aromatic carbocycles. The quantitative estimate of drug-likeness (QED) is 0.135. The molecule has 32 heavy (non-hydrogen) atoms. The van der Waals surface area contributed by atoms with Crippen molar-refractivity contribution < 1.29 is 0 Å². The number of hydrogen-bond donors (Lipinski definition) is 0. The van der Waals surface area contributed by atoms with Crippen LogP contribution in [0.3, 0.4) is 0 Å². The van der Waals surface area contributed by atoms with E-state index in [0.29, 0.717) is 6.17 Å². The Morgan fingerprint density at radius 2 is 0.719 bits per heavy atom. The Morgan fingerprint density at radius 3 is 1.09 bits per heavy atom. The van der Waals surface area contributed by atoms with Gasteiger partial charge >= 0.3 is 0 Å². The average Bonchev–Trinajstić information content (AvgIpc) is 3.18. The van der Waals surface area contributed by atoms with E-state index < -0.39 is 0 Å². The highest BCUT2D eigenvalue weighted by atomic mass is 15.4. The lowest BCUT2D eigenvalue weighted by atomic mass is 10.1. The van der Waals surface area contributed by atoms with Gasteiger partial charge in [-0.3, -0.25) is 0 Å². The summed E-state index contributed by atoms with van der Waals surface area (Å²) in [7, 11) is 0. The van der Waals surface area contributed by atoms with Crippen molar-refractivity contribution in [3.05, 3.63) is 12.4 Å². The van der Waals surface area contributed by atoms with Crippen molar-refractivity contribution in [3.8, 4) is 0 Å². The second-order valence-electron chi connectivity index (χ2n) is 10.4. The molecule has 0 aromatic rings. The lowest BCUT2D eigenvalue weighted by molar-refractivity contribution is 0.135. The molecule has 2 nitrogen and oxygen atoms in total. The van der Waals surface area contributed by atoms with Crippen LogP contribution in [-0.4, -0.2) is 29.1 Å². The van der Waals surface area contributed by atoms with E-state index in [2.05, 4.69) is 43.0 Å². The largest absolute Gasteiger partial charge is 0.356 e. The number of hydrogen-bond acceptors (Lipinski definition) is 2. The Bertz CT molecular complexity index is 406. The lowest BCUT2D eigenvalue weighted by Crippen LogP contribution is -2.39. The molecule has 1 rings (SSSR count). The fourth-order valence-electron chi connectivity index (χ4n) is 5.13. The zero-order chi connectivity index (χ0) is 23.1. The monoisotopic (exact) mass is 448 g/mol. The first kappa shape index (κ1) is 29.4. The number of rotatable bonds is 24. The van der Waals surface area contributed by atoms with E-state index in [4.69, 9.17) is 0 Å². The van der Waals surface area contributed by atoms with Crippen LogP contribution in [0.4, 0.5) is 0 Å². The highest BCUT2D eigenvalue weighted by Gasteiger charge is 2.24. The summed E-state index contributed by atoms with van der Waals surface area (Å²) in [5.41, 5.74) is 0. The topological polar surface area (TPSA) is 6.48 Å². The van der Waals surface area contributed by atoms with E-state index >= 15 is 0 Å². The zero-order valence-electron chi connectivity index (χ0n) is 22.6. The van der Waals surface area contributed by atoms with Gasteiger partial charge in [-0.25, -0.2) is 0 Å². The maximum Gasteiger partial charge on any atom is 0.101 e. The van der Waals surface area contributed by atoms with Crippen LogP contribution in [0.5, 0.6) is 0 Å². The molecule has 1 heterocycles. The average molecular weight is 449 g/mol. The van der Waals surface area contributed by atoms with E-state index in [1.54, 1.807) is 0 Å². The third-order valence-corrected chi connectivity index (χ3v) is 7.32. The summed E-state index contributed by atoms with van der Waals surface area (Å²) < 4.78 is 0. The highest BCUT2D eigenvalue weighted by Crippen LogP contribution is 2.23. The molecule has 0 spiro atoms. The standard InChI is InChI=1S/C30H60N2/c1-4-7-10-13-14-15-16-17-18-19-21-24-27-32-29-28-31(26-23-20-11-8-5-2)30(32)25-22-12-9-6-3/h28-30H,4-27H2,1-3H3. The van der Waals surface area contributed by atoms with E-state index in [1.807, 2.05) is 0 Å². The van der Waals surface area contributed by atoms with Crippen LogP contribution in [0.25, 0.3) is 0 Å². The molecular formula is C30H60N2. The normalized spacial score (nSPS) is 15.9. The van der Waals surface area contributed by atoms with Crippen LogP contribution in [0.2, 0.25) is 0 Å². The maximum atomic E-state index is 2.67. The Kier molecular flexibility index (Phi) is 20.3. The first-order valence-corrected chi connectivity index (χ1v) is 15.0. The van der Waals surface area contributed by atoms with Gasteiger partial charge in [0.1, 0.15) is 6.17 Å². The van der Waals surface area contributed by atoms with Crippen LogP contribution in [0.15, 0.2) is 12.4 Å². The third kappa shape index (κ3) is 15.2. The van der Waals surface area contributed by atoms with Crippen molar-refractivity contribution in [1.29, 1.82) is 0 Å². The van der Waals surface area contributed by atoms with Crippen molar-refractivity contribution in [2.45, 2.75) is 168 Å².